The minimum atomic E-state index is -0.554. The topological polar surface area (TPSA) is 55.1 Å². The van der Waals surface area contributed by atoms with Crippen LogP contribution >= 0.6 is 23.8 Å². The van der Waals surface area contributed by atoms with Gasteiger partial charge >= 0.3 is 0 Å². The van der Waals surface area contributed by atoms with Crippen LogP contribution in [-0.2, 0) is 0 Å². The minimum absolute atomic E-state index is 0.0825. The molecule has 1 amide bonds. The van der Waals surface area contributed by atoms with Crippen LogP contribution in [-0.4, -0.2) is 16.9 Å². The number of carbonyl (C=O) groups is 1. The van der Waals surface area contributed by atoms with Crippen molar-refractivity contribution in [3.8, 4) is 0 Å². The van der Waals surface area contributed by atoms with E-state index in [1.807, 2.05) is 0 Å². The fraction of sp³-hybridized carbons (Fsp3) is 0.333. The summed E-state index contributed by atoms with van der Waals surface area (Å²) in [5.41, 5.74) is 5.88. The number of halogens is 2. The van der Waals surface area contributed by atoms with Gasteiger partial charge in [-0.25, -0.2) is 4.39 Å². The highest BCUT2D eigenvalue weighted by atomic mass is 35.5. The smallest absolute Gasteiger partial charge is 0.251 e. The molecule has 1 saturated carbocycles. The van der Waals surface area contributed by atoms with Gasteiger partial charge in [-0.15, -0.1) is 0 Å². The molecule has 3 N–H and O–H groups in total. The molecule has 0 spiro atoms. The third kappa shape index (κ3) is 2.97. The number of rotatable bonds is 4. The van der Waals surface area contributed by atoms with Gasteiger partial charge in [-0.2, -0.15) is 0 Å². The summed E-state index contributed by atoms with van der Waals surface area (Å²) in [7, 11) is 0. The van der Waals surface area contributed by atoms with Crippen LogP contribution in [0, 0.1) is 11.7 Å². The summed E-state index contributed by atoms with van der Waals surface area (Å²) < 4.78 is 13.0. The summed E-state index contributed by atoms with van der Waals surface area (Å²) in [5, 5.41) is 2.67. The van der Waals surface area contributed by atoms with Gasteiger partial charge < -0.3 is 11.1 Å². The molecule has 0 heterocycles. The molecule has 1 atom stereocenters. The summed E-state index contributed by atoms with van der Waals surface area (Å²) >= 11 is 10.6. The van der Waals surface area contributed by atoms with E-state index in [2.05, 4.69) is 5.32 Å². The van der Waals surface area contributed by atoms with Crippen molar-refractivity contribution in [2.75, 3.05) is 0 Å². The zero-order valence-corrected chi connectivity index (χ0v) is 11.0. The molecule has 0 saturated heterocycles. The van der Waals surface area contributed by atoms with Crippen molar-refractivity contribution in [2.24, 2.45) is 11.7 Å². The average molecular weight is 287 g/mol. The molecule has 1 aromatic carbocycles. The van der Waals surface area contributed by atoms with E-state index in [1.54, 1.807) is 0 Å². The number of thiocarbonyl (C=S) groups is 1. The van der Waals surface area contributed by atoms with Gasteiger partial charge in [0, 0.05) is 5.56 Å². The van der Waals surface area contributed by atoms with E-state index < -0.39 is 5.82 Å². The first-order valence-corrected chi connectivity index (χ1v) is 6.33. The van der Waals surface area contributed by atoms with Crippen molar-refractivity contribution in [1.29, 1.82) is 0 Å². The Morgan fingerprint density at radius 2 is 2.22 bits per heavy atom. The van der Waals surface area contributed by atoms with Crippen molar-refractivity contribution in [3.05, 3.63) is 34.6 Å². The van der Waals surface area contributed by atoms with Crippen LogP contribution in [0.15, 0.2) is 18.2 Å². The Bertz CT molecular complexity index is 505. The maximum Gasteiger partial charge on any atom is 0.251 e. The molecule has 3 nitrogen and oxygen atoms in total. The van der Waals surface area contributed by atoms with E-state index in [-0.39, 0.29) is 22.0 Å². The van der Waals surface area contributed by atoms with Crippen LogP contribution in [0.2, 0.25) is 5.02 Å². The molecule has 1 unspecified atom stereocenters. The quantitative estimate of drug-likeness (QED) is 0.835. The normalized spacial score (nSPS) is 16.1. The van der Waals surface area contributed by atoms with Crippen molar-refractivity contribution in [3.63, 3.8) is 0 Å². The molecule has 6 heteroatoms. The molecule has 1 aliphatic rings. The largest absolute Gasteiger partial charge is 0.392 e. The number of nitrogens with one attached hydrogen (secondary N) is 1. The molecule has 0 bridgehead atoms. The van der Waals surface area contributed by atoms with Gasteiger partial charge in [0.1, 0.15) is 5.82 Å². The summed E-state index contributed by atoms with van der Waals surface area (Å²) in [4.78, 5) is 12.2. The van der Waals surface area contributed by atoms with Crippen molar-refractivity contribution in [2.45, 2.75) is 18.9 Å². The number of hydrogen-bond donors (Lipinski definition) is 2. The van der Waals surface area contributed by atoms with Crippen molar-refractivity contribution < 1.29 is 9.18 Å². The Balaban J connectivity index is 2.10. The van der Waals surface area contributed by atoms with E-state index >= 15 is 0 Å². The maximum absolute atomic E-state index is 13.0. The molecule has 96 valence electrons. The lowest BCUT2D eigenvalue weighted by Gasteiger charge is -2.16. The Hall–Kier alpha value is -1.20. The van der Waals surface area contributed by atoms with E-state index in [0.717, 1.165) is 18.9 Å². The van der Waals surface area contributed by atoms with Crippen LogP contribution in [0.4, 0.5) is 4.39 Å². The monoisotopic (exact) mass is 286 g/mol. The lowest BCUT2D eigenvalue weighted by molar-refractivity contribution is 0.0944. The second-order valence-corrected chi connectivity index (χ2v) is 5.20. The highest BCUT2D eigenvalue weighted by Gasteiger charge is 2.34. The van der Waals surface area contributed by atoms with Gasteiger partial charge in [0.05, 0.1) is 16.1 Å². The minimum Gasteiger partial charge on any atom is -0.392 e. The lowest BCUT2D eigenvalue weighted by Crippen LogP contribution is -2.45. The first kappa shape index (κ1) is 13.2. The highest BCUT2D eigenvalue weighted by Crippen LogP contribution is 2.33. The molecular formula is C12H12ClFN2OS. The second-order valence-electron chi connectivity index (χ2n) is 4.32. The number of nitrogens with two attached hydrogens (primary N) is 1. The van der Waals surface area contributed by atoms with Gasteiger partial charge in [-0.05, 0) is 37.0 Å². The maximum atomic E-state index is 13.0. The van der Waals surface area contributed by atoms with E-state index in [9.17, 15) is 9.18 Å². The Morgan fingerprint density at radius 1 is 1.56 bits per heavy atom. The standard InChI is InChI=1S/C12H12ClFN2OS/c13-8-5-7(3-4-9(8)14)12(17)16-10(11(15)18)6-1-2-6/h3-6,10H,1-2H2,(H2,15,18)(H,16,17). The van der Waals surface area contributed by atoms with Crippen LogP contribution in [0.1, 0.15) is 23.2 Å². The Morgan fingerprint density at radius 3 is 2.72 bits per heavy atom. The van der Waals surface area contributed by atoms with Gasteiger partial charge in [0.15, 0.2) is 0 Å². The van der Waals surface area contributed by atoms with Crippen LogP contribution in [0.3, 0.4) is 0 Å². The third-order valence-corrected chi connectivity index (χ3v) is 3.41. The molecule has 0 radical (unpaired) electrons. The number of benzene rings is 1. The number of amides is 1. The first-order chi connectivity index (χ1) is 8.49. The molecular weight excluding hydrogens is 275 g/mol. The molecule has 1 fully saturated rings. The van der Waals surface area contributed by atoms with E-state index in [1.165, 1.54) is 12.1 Å². The SMILES string of the molecule is NC(=S)C(NC(=O)c1ccc(F)c(Cl)c1)C1CC1. The fourth-order valence-corrected chi connectivity index (χ4v) is 2.14. The van der Waals surface area contributed by atoms with Crippen molar-refractivity contribution >= 4 is 34.7 Å². The highest BCUT2D eigenvalue weighted by molar-refractivity contribution is 7.80. The number of carbonyl (C=O) groups excluding carboxylic acids is 1. The van der Waals surface area contributed by atoms with Crippen LogP contribution in [0.25, 0.3) is 0 Å². The average Bonchev–Trinajstić information content (AvgIpc) is 3.13. The van der Waals surface area contributed by atoms with Gasteiger partial charge in [-0.1, -0.05) is 23.8 Å². The zero-order chi connectivity index (χ0) is 13.3. The fourth-order valence-electron chi connectivity index (χ4n) is 1.71. The summed E-state index contributed by atoms with van der Waals surface area (Å²) in [5.74, 6) is -0.578. The summed E-state index contributed by atoms with van der Waals surface area (Å²) in [6.07, 6.45) is 2.01. The van der Waals surface area contributed by atoms with Gasteiger partial charge in [0.25, 0.3) is 5.91 Å². The Kier molecular flexibility index (Phi) is 3.82. The summed E-state index contributed by atoms with van der Waals surface area (Å²) in [6.45, 7) is 0. The molecule has 2 rings (SSSR count). The van der Waals surface area contributed by atoms with Gasteiger partial charge in [0.2, 0.25) is 0 Å². The Labute approximate surface area is 114 Å². The number of hydrogen-bond acceptors (Lipinski definition) is 2. The molecule has 0 aromatic heterocycles. The molecule has 0 aliphatic heterocycles. The molecule has 18 heavy (non-hydrogen) atoms. The predicted octanol–water partition coefficient (Wildman–Crippen LogP) is 2.27. The van der Waals surface area contributed by atoms with E-state index in [0.29, 0.717) is 11.5 Å². The van der Waals surface area contributed by atoms with Gasteiger partial charge in [-0.3, -0.25) is 4.79 Å². The zero-order valence-electron chi connectivity index (χ0n) is 9.45. The predicted molar refractivity (Wildman–Crippen MR) is 72.2 cm³/mol. The van der Waals surface area contributed by atoms with Crippen LogP contribution < -0.4 is 11.1 Å². The second kappa shape index (κ2) is 5.20. The van der Waals surface area contributed by atoms with E-state index in [4.69, 9.17) is 29.6 Å². The lowest BCUT2D eigenvalue weighted by atomic mass is 10.1. The third-order valence-electron chi connectivity index (χ3n) is 2.87. The molecule has 1 aliphatic carbocycles. The first-order valence-electron chi connectivity index (χ1n) is 5.54. The van der Waals surface area contributed by atoms with Crippen molar-refractivity contribution in [1.82, 2.24) is 5.32 Å². The van der Waals surface area contributed by atoms with Crippen LogP contribution in [0.5, 0.6) is 0 Å². The summed E-state index contributed by atoms with van der Waals surface area (Å²) in [6, 6.07) is 3.52. The molecule has 1 aromatic rings.